The van der Waals surface area contributed by atoms with Crippen LogP contribution in [-0.4, -0.2) is 24.3 Å². The van der Waals surface area contributed by atoms with Crippen LogP contribution in [0.15, 0.2) is 24.3 Å². The zero-order chi connectivity index (χ0) is 13.1. The van der Waals surface area contributed by atoms with E-state index >= 15 is 0 Å². The number of aliphatic hydroxyl groups excluding tert-OH is 1. The molecule has 0 spiro atoms. The Balaban J connectivity index is 2.83. The van der Waals surface area contributed by atoms with Crippen molar-refractivity contribution in [3.63, 3.8) is 0 Å². The van der Waals surface area contributed by atoms with E-state index in [0.29, 0.717) is 0 Å². The molecule has 3 nitrogen and oxygen atoms in total. The summed E-state index contributed by atoms with van der Waals surface area (Å²) in [6.07, 6.45) is -0.799. The van der Waals surface area contributed by atoms with E-state index in [2.05, 4.69) is 25.5 Å². The zero-order valence-electron chi connectivity index (χ0n) is 10.9. The molecule has 1 aromatic carbocycles. The second-order valence-electron chi connectivity index (χ2n) is 5.19. The van der Waals surface area contributed by atoms with Crippen LogP contribution in [0.25, 0.3) is 0 Å². The maximum Gasteiger partial charge on any atom is 0.335 e. The monoisotopic (exact) mass is 236 g/mol. The van der Waals surface area contributed by atoms with Gasteiger partial charge < -0.3 is 9.84 Å². The number of rotatable bonds is 3. The fourth-order valence-corrected chi connectivity index (χ4v) is 1.61. The van der Waals surface area contributed by atoms with Gasteiger partial charge in [-0.05, 0) is 16.5 Å². The van der Waals surface area contributed by atoms with Crippen LogP contribution in [0.1, 0.15) is 31.9 Å². The minimum absolute atomic E-state index is 0.0617. The van der Waals surface area contributed by atoms with Crippen molar-refractivity contribution >= 4 is 5.97 Å². The lowest BCUT2D eigenvalue weighted by atomic mass is 9.86. The van der Waals surface area contributed by atoms with E-state index in [4.69, 9.17) is 0 Å². The molecule has 0 saturated heterocycles. The van der Waals surface area contributed by atoms with E-state index in [1.165, 1.54) is 12.7 Å². The fraction of sp³-hybridized carbons (Fsp3) is 0.500. The highest BCUT2D eigenvalue weighted by molar-refractivity contribution is 5.74. The van der Waals surface area contributed by atoms with Crippen molar-refractivity contribution in [3.05, 3.63) is 35.4 Å². The van der Waals surface area contributed by atoms with Crippen LogP contribution in [0, 0.1) is 0 Å². The quantitative estimate of drug-likeness (QED) is 0.817. The molecule has 3 heteroatoms. The summed E-state index contributed by atoms with van der Waals surface area (Å²) in [5.41, 5.74) is 2.19. The Morgan fingerprint density at radius 2 is 2.06 bits per heavy atom. The van der Waals surface area contributed by atoms with Gasteiger partial charge in [-0.1, -0.05) is 45.0 Å². The predicted octanol–water partition coefficient (Wildman–Crippen LogP) is 2.06. The van der Waals surface area contributed by atoms with E-state index in [1.54, 1.807) is 0 Å². The smallest absolute Gasteiger partial charge is 0.335 e. The van der Waals surface area contributed by atoms with Crippen molar-refractivity contribution in [2.24, 2.45) is 0 Å². The largest absolute Gasteiger partial charge is 0.467 e. The lowest BCUT2D eigenvalue weighted by Gasteiger charge is -2.20. The number of carbonyl (C=O) groups is 1. The van der Waals surface area contributed by atoms with E-state index in [0.717, 1.165) is 5.56 Å². The Bertz CT molecular complexity index is 391. The summed E-state index contributed by atoms with van der Waals surface area (Å²) in [4.78, 5) is 11.1. The molecule has 1 unspecified atom stereocenters. The molecule has 0 bridgehead atoms. The van der Waals surface area contributed by atoms with Crippen LogP contribution >= 0.6 is 0 Å². The third-order valence-corrected chi connectivity index (χ3v) is 2.70. The zero-order valence-corrected chi connectivity index (χ0v) is 10.9. The first-order chi connectivity index (χ1) is 7.84. The van der Waals surface area contributed by atoms with Crippen molar-refractivity contribution in [1.82, 2.24) is 0 Å². The van der Waals surface area contributed by atoms with E-state index in [-0.39, 0.29) is 11.8 Å². The SMILES string of the molecule is COC(=O)C(O)Cc1cccc(C(C)(C)C)c1. The molecule has 0 saturated carbocycles. The maximum absolute atomic E-state index is 11.1. The van der Waals surface area contributed by atoms with Gasteiger partial charge in [0.1, 0.15) is 0 Å². The minimum Gasteiger partial charge on any atom is -0.467 e. The molecule has 1 N–H and O–H groups in total. The number of carbonyl (C=O) groups excluding carboxylic acids is 1. The molecule has 1 atom stereocenters. The minimum atomic E-state index is -1.09. The van der Waals surface area contributed by atoms with Crippen LogP contribution in [0.4, 0.5) is 0 Å². The van der Waals surface area contributed by atoms with Gasteiger partial charge in [0.15, 0.2) is 6.10 Å². The molecule has 0 heterocycles. The highest BCUT2D eigenvalue weighted by Gasteiger charge is 2.18. The van der Waals surface area contributed by atoms with Crippen molar-refractivity contribution < 1.29 is 14.6 Å². The van der Waals surface area contributed by atoms with Gasteiger partial charge in [0, 0.05) is 6.42 Å². The lowest BCUT2D eigenvalue weighted by molar-refractivity contribution is -0.150. The number of aliphatic hydroxyl groups is 1. The van der Waals surface area contributed by atoms with Crippen LogP contribution < -0.4 is 0 Å². The summed E-state index contributed by atoms with van der Waals surface area (Å²) in [5, 5.41) is 9.59. The molecule has 1 rings (SSSR count). The molecule has 0 amide bonds. The van der Waals surface area contributed by atoms with Gasteiger partial charge in [-0.25, -0.2) is 4.79 Å². The Morgan fingerprint density at radius 1 is 1.41 bits per heavy atom. The van der Waals surface area contributed by atoms with Gasteiger partial charge in [-0.2, -0.15) is 0 Å². The summed E-state index contributed by atoms with van der Waals surface area (Å²) in [5.74, 6) is -0.592. The van der Waals surface area contributed by atoms with Crippen LogP contribution in [0.5, 0.6) is 0 Å². The van der Waals surface area contributed by atoms with Crippen molar-refractivity contribution in [3.8, 4) is 0 Å². The van der Waals surface area contributed by atoms with Gasteiger partial charge in [0.2, 0.25) is 0 Å². The topological polar surface area (TPSA) is 46.5 Å². The molecule has 0 fully saturated rings. The van der Waals surface area contributed by atoms with E-state index in [9.17, 15) is 9.90 Å². The number of hydrogen-bond acceptors (Lipinski definition) is 3. The average molecular weight is 236 g/mol. The predicted molar refractivity (Wildman–Crippen MR) is 66.9 cm³/mol. The second-order valence-corrected chi connectivity index (χ2v) is 5.19. The van der Waals surface area contributed by atoms with E-state index < -0.39 is 12.1 Å². The average Bonchev–Trinajstić information content (AvgIpc) is 2.27. The summed E-state index contributed by atoms with van der Waals surface area (Å²) < 4.78 is 4.49. The first-order valence-corrected chi connectivity index (χ1v) is 5.70. The van der Waals surface area contributed by atoms with Crippen LogP contribution in [-0.2, 0) is 21.4 Å². The third kappa shape index (κ3) is 3.86. The molecule has 0 aliphatic heterocycles. The van der Waals surface area contributed by atoms with Gasteiger partial charge in [-0.15, -0.1) is 0 Å². The normalized spacial score (nSPS) is 13.2. The van der Waals surface area contributed by atoms with Gasteiger partial charge >= 0.3 is 5.97 Å². The van der Waals surface area contributed by atoms with Crippen molar-refractivity contribution in [2.45, 2.75) is 38.7 Å². The molecular formula is C14H20O3. The Labute approximate surface area is 102 Å². The first-order valence-electron chi connectivity index (χ1n) is 5.70. The van der Waals surface area contributed by atoms with Crippen molar-refractivity contribution in [1.29, 1.82) is 0 Å². The number of hydrogen-bond donors (Lipinski definition) is 1. The summed E-state index contributed by atoms with van der Waals surface area (Å²) in [6.45, 7) is 6.38. The fourth-order valence-electron chi connectivity index (χ4n) is 1.61. The molecule has 0 aromatic heterocycles. The Hall–Kier alpha value is -1.35. The molecule has 0 aliphatic carbocycles. The number of esters is 1. The number of ether oxygens (including phenoxy) is 1. The van der Waals surface area contributed by atoms with E-state index in [1.807, 2.05) is 24.3 Å². The lowest BCUT2D eigenvalue weighted by Crippen LogP contribution is -2.24. The number of benzene rings is 1. The summed E-state index contributed by atoms with van der Waals surface area (Å²) in [6, 6.07) is 7.92. The maximum atomic E-state index is 11.1. The highest BCUT2D eigenvalue weighted by atomic mass is 16.5. The standard InChI is InChI=1S/C14H20O3/c1-14(2,3)11-7-5-6-10(8-11)9-12(15)13(16)17-4/h5-8,12,15H,9H2,1-4H3. The molecular weight excluding hydrogens is 216 g/mol. The molecule has 94 valence electrons. The molecule has 0 radical (unpaired) electrons. The Morgan fingerprint density at radius 3 is 2.59 bits per heavy atom. The van der Waals surface area contributed by atoms with Gasteiger partial charge in [0.05, 0.1) is 7.11 Å². The first kappa shape index (κ1) is 13.7. The second kappa shape index (κ2) is 5.32. The van der Waals surface area contributed by atoms with Gasteiger partial charge in [-0.3, -0.25) is 0 Å². The molecule has 0 aliphatic rings. The molecule has 17 heavy (non-hydrogen) atoms. The third-order valence-electron chi connectivity index (χ3n) is 2.70. The van der Waals surface area contributed by atoms with Crippen molar-refractivity contribution in [2.75, 3.05) is 7.11 Å². The van der Waals surface area contributed by atoms with Crippen LogP contribution in [0.3, 0.4) is 0 Å². The number of methoxy groups -OCH3 is 1. The van der Waals surface area contributed by atoms with Crippen LogP contribution in [0.2, 0.25) is 0 Å². The summed E-state index contributed by atoms with van der Waals surface area (Å²) >= 11 is 0. The summed E-state index contributed by atoms with van der Waals surface area (Å²) in [7, 11) is 1.27. The molecule has 1 aromatic rings. The van der Waals surface area contributed by atoms with Gasteiger partial charge in [0.25, 0.3) is 0 Å². The Kier molecular flexibility index (Phi) is 4.29. The highest BCUT2D eigenvalue weighted by Crippen LogP contribution is 2.23.